The van der Waals surface area contributed by atoms with E-state index in [1.54, 1.807) is 0 Å². The van der Waals surface area contributed by atoms with Crippen LogP contribution in [0.15, 0.2) is 30.3 Å². The first-order valence-corrected chi connectivity index (χ1v) is 12.9. The van der Waals surface area contributed by atoms with Gasteiger partial charge in [0.2, 0.25) is 0 Å². The van der Waals surface area contributed by atoms with Crippen molar-refractivity contribution in [3.63, 3.8) is 0 Å². The van der Waals surface area contributed by atoms with E-state index in [1.807, 2.05) is 0 Å². The summed E-state index contributed by atoms with van der Waals surface area (Å²) in [4.78, 5) is 11.7. The Bertz CT molecular complexity index is 511. The molecule has 0 aliphatic rings. The van der Waals surface area contributed by atoms with Gasteiger partial charge in [0, 0.05) is 12.0 Å². The van der Waals surface area contributed by atoms with Crippen LogP contribution in [0.1, 0.15) is 115 Å². The quantitative estimate of drug-likeness (QED) is 0.119. The lowest BCUT2D eigenvalue weighted by molar-refractivity contribution is -0.918. The van der Waals surface area contributed by atoms with Gasteiger partial charge in [0.15, 0.2) is 6.29 Å². The summed E-state index contributed by atoms with van der Waals surface area (Å²) < 4.78 is 0.756. The molecule has 0 spiro atoms. The molecule has 0 radical (unpaired) electrons. The first-order valence-electron chi connectivity index (χ1n) is 12.9. The zero-order valence-corrected chi connectivity index (χ0v) is 20.4. The van der Waals surface area contributed by atoms with Gasteiger partial charge >= 0.3 is 0 Å². The number of benzene rings is 1. The predicted molar refractivity (Wildman–Crippen MR) is 132 cm³/mol. The number of quaternary nitrogens is 1. The van der Waals surface area contributed by atoms with Crippen LogP contribution in [0.25, 0.3) is 0 Å². The zero-order valence-electron chi connectivity index (χ0n) is 20.4. The molecule has 1 rings (SSSR count). The van der Waals surface area contributed by atoms with Gasteiger partial charge in [-0.1, -0.05) is 127 Å². The molecular formula is C28H50NO+. The lowest BCUT2D eigenvalue weighted by Crippen LogP contribution is -2.49. The van der Waals surface area contributed by atoms with Crippen LogP contribution in [0.3, 0.4) is 0 Å². The van der Waals surface area contributed by atoms with Crippen LogP contribution < -0.4 is 0 Å². The summed E-state index contributed by atoms with van der Waals surface area (Å²) in [7, 11) is 4.38. The van der Waals surface area contributed by atoms with Crippen LogP contribution in [0.5, 0.6) is 0 Å². The number of nitrogens with zero attached hydrogens (tertiary/aromatic N) is 1. The van der Waals surface area contributed by atoms with Crippen molar-refractivity contribution >= 4 is 6.29 Å². The molecule has 1 aromatic carbocycles. The largest absolute Gasteiger partial charge is 0.316 e. The highest BCUT2D eigenvalue weighted by atomic mass is 16.1. The summed E-state index contributed by atoms with van der Waals surface area (Å²) in [5.41, 5.74) is 1.31. The Morgan fingerprint density at radius 3 is 1.57 bits per heavy atom. The third-order valence-electron chi connectivity index (χ3n) is 6.59. The van der Waals surface area contributed by atoms with Gasteiger partial charge in [0.25, 0.3) is 0 Å². The minimum Gasteiger partial charge on any atom is -0.316 e. The molecule has 1 atom stereocenters. The Morgan fingerprint density at radius 2 is 1.13 bits per heavy atom. The molecular weight excluding hydrogens is 366 g/mol. The summed E-state index contributed by atoms with van der Waals surface area (Å²) in [6, 6.07) is 10.6. The van der Waals surface area contributed by atoms with Crippen molar-refractivity contribution in [2.45, 2.75) is 122 Å². The van der Waals surface area contributed by atoms with Crippen molar-refractivity contribution in [2.24, 2.45) is 0 Å². The van der Waals surface area contributed by atoms with Crippen molar-refractivity contribution in [3.8, 4) is 0 Å². The van der Waals surface area contributed by atoms with E-state index in [4.69, 9.17) is 0 Å². The second kappa shape index (κ2) is 17.5. The number of likely N-dealkylation sites (N-methyl/N-ethyl adjacent to an activating group) is 1. The second-order valence-corrected chi connectivity index (χ2v) is 9.86. The van der Waals surface area contributed by atoms with E-state index < -0.39 is 0 Å². The Labute approximate surface area is 188 Å². The number of hydrogen-bond acceptors (Lipinski definition) is 1. The molecule has 0 heterocycles. The molecule has 0 amide bonds. The van der Waals surface area contributed by atoms with Crippen LogP contribution in [-0.4, -0.2) is 30.9 Å². The summed E-state index contributed by atoms with van der Waals surface area (Å²) in [5.74, 6) is 0. The predicted octanol–water partition coefficient (Wildman–Crippen LogP) is 8.09. The topological polar surface area (TPSA) is 17.1 Å². The van der Waals surface area contributed by atoms with Gasteiger partial charge in [-0.2, -0.15) is 0 Å². The molecule has 1 aromatic rings. The van der Waals surface area contributed by atoms with Crippen LogP contribution in [-0.2, 0) is 11.3 Å². The summed E-state index contributed by atoms with van der Waals surface area (Å²) in [5, 5.41) is 0. The van der Waals surface area contributed by atoms with E-state index in [9.17, 15) is 4.79 Å². The van der Waals surface area contributed by atoms with Gasteiger partial charge in [0.1, 0.15) is 12.6 Å². The van der Waals surface area contributed by atoms with E-state index in [0.29, 0.717) is 0 Å². The third-order valence-corrected chi connectivity index (χ3v) is 6.59. The lowest BCUT2D eigenvalue weighted by Gasteiger charge is -2.35. The van der Waals surface area contributed by atoms with Gasteiger partial charge in [-0.25, -0.2) is 0 Å². The van der Waals surface area contributed by atoms with Gasteiger partial charge in [-0.05, 0) is 6.42 Å². The van der Waals surface area contributed by atoms with Crippen LogP contribution in [0, 0.1) is 0 Å². The fraction of sp³-hybridized carbons (Fsp3) is 0.750. The van der Waals surface area contributed by atoms with E-state index in [1.165, 1.54) is 108 Å². The maximum Gasteiger partial charge on any atom is 0.177 e. The Balaban J connectivity index is 1.99. The van der Waals surface area contributed by atoms with E-state index in [-0.39, 0.29) is 6.04 Å². The van der Waals surface area contributed by atoms with Crippen molar-refractivity contribution in [1.29, 1.82) is 0 Å². The van der Waals surface area contributed by atoms with E-state index in [2.05, 4.69) is 51.4 Å². The standard InChI is InChI=1S/C28H50NO/c1-4-5-6-7-8-9-10-11-12-13-14-15-16-17-21-24-28(26-30)29(2,3)25-27-22-19-18-20-23-27/h18-20,22-23,26,28H,4-17,21,24-25H2,1-3H3/q+1. The fourth-order valence-electron chi connectivity index (χ4n) is 4.48. The molecule has 172 valence electrons. The number of aldehydes is 1. The number of unbranched alkanes of at least 4 members (excludes halogenated alkanes) is 14. The summed E-state index contributed by atoms with van der Waals surface area (Å²) >= 11 is 0. The third kappa shape index (κ3) is 13.2. The van der Waals surface area contributed by atoms with Gasteiger partial charge < -0.3 is 4.48 Å². The van der Waals surface area contributed by atoms with Crippen molar-refractivity contribution in [2.75, 3.05) is 14.1 Å². The summed E-state index contributed by atoms with van der Waals surface area (Å²) in [6.45, 7) is 3.21. The molecule has 0 fully saturated rings. The molecule has 0 bridgehead atoms. The molecule has 2 nitrogen and oxygen atoms in total. The second-order valence-electron chi connectivity index (χ2n) is 9.86. The highest BCUT2D eigenvalue weighted by Gasteiger charge is 2.27. The molecule has 0 saturated carbocycles. The Hall–Kier alpha value is -1.15. The first-order chi connectivity index (χ1) is 14.6. The number of hydrogen-bond donors (Lipinski definition) is 0. The van der Waals surface area contributed by atoms with Crippen molar-refractivity contribution < 1.29 is 9.28 Å². The van der Waals surface area contributed by atoms with Gasteiger partial charge in [0.05, 0.1) is 14.1 Å². The lowest BCUT2D eigenvalue weighted by atomic mass is 10.0. The van der Waals surface area contributed by atoms with Crippen LogP contribution >= 0.6 is 0 Å². The highest BCUT2D eigenvalue weighted by Crippen LogP contribution is 2.19. The van der Waals surface area contributed by atoms with Crippen LogP contribution in [0.2, 0.25) is 0 Å². The van der Waals surface area contributed by atoms with Crippen molar-refractivity contribution in [1.82, 2.24) is 0 Å². The molecule has 30 heavy (non-hydrogen) atoms. The number of carbonyl (C=O) groups excluding carboxylic acids is 1. The van der Waals surface area contributed by atoms with E-state index in [0.717, 1.165) is 17.4 Å². The van der Waals surface area contributed by atoms with Gasteiger partial charge in [-0.15, -0.1) is 0 Å². The van der Waals surface area contributed by atoms with Crippen molar-refractivity contribution in [3.05, 3.63) is 35.9 Å². The Morgan fingerprint density at radius 1 is 0.700 bits per heavy atom. The maximum absolute atomic E-state index is 11.7. The van der Waals surface area contributed by atoms with E-state index >= 15 is 0 Å². The minimum atomic E-state index is 0.104. The summed E-state index contributed by atoms with van der Waals surface area (Å²) in [6.07, 6.45) is 23.0. The Kier molecular flexibility index (Phi) is 15.7. The monoisotopic (exact) mass is 416 g/mol. The molecule has 0 aromatic heterocycles. The van der Waals surface area contributed by atoms with Gasteiger partial charge in [-0.3, -0.25) is 4.79 Å². The molecule has 0 saturated heterocycles. The number of rotatable bonds is 20. The maximum atomic E-state index is 11.7. The van der Waals surface area contributed by atoms with Crippen LogP contribution in [0.4, 0.5) is 0 Å². The zero-order chi connectivity index (χ0) is 21.9. The first kappa shape index (κ1) is 26.9. The SMILES string of the molecule is CCCCCCCCCCCCCCCCCC(C=O)[N+](C)(C)Cc1ccccc1. The molecule has 1 unspecified atom stereocenters. The molecule has 2 heteroatoms. The smallest absolute Gasteiger partial charge is 0.177 e. The number of carbonyl (C=O) groups is 1. The molecule has 0 aliphatic carbocycles. The molecule has 0 aliphatic heterocycles. The normalized spacial score (nSPS) is 12.8. The molecule has 0 N–H and O–H groups in total. The average molecular weight is 417 g/mol. The fourth-order valence-corrected chi connectivity index (χ4v) is 4.48. The average Bonchev–Trinajstić information content (AvgIpc) is 2.73. The highest BCUT2D eigenvalue weighted by molar-refractivity contribution is 5.55. The minimum absolute atomic E-state index is 0.104.